The number of pyridine rings is 1. The number of aliphatic hydroxyl groups excluding tert-OH is 1. The summed E-state index contributed by atoms with van der Waals surface area (Å²) in [6, 6.07) is 5.33. The number of nitrogens with zero attached hydrogens (tertiary/aromatic N) is 1. The van der Waals surface area contributed by atoms with Crippen LogP contribution in [0.15, 0.2) is 18.2 Å². The molecule has 3 nitrogen and oxygen atoms in total. The van der Waals surface area contributed by atoms with Crippen molar-refractivity contribution in [3.8, 4) is 11.8 Å². The molecule has 0 spiro atoms. The quantitative estimate of drug-likeness (QED) is 0.566. The second kappa shape index (κ2) is 4.50. The van der Waals surface area contributed by atoms with Gasteiger partial charge in [-0.1, -0.05) is 12.0 Å². The van der Waals surface area contributed by atoms with Crippen LogP contribution in [0.1, 0.15) is 11.4 Å². The van der Waals surface area contributed by atoms with Gasteiger partial charge in [0.1, 0.15) is 5.69 Å². The normalized spacial score (nSPS) is 8.83. The largest absolute Gasteiger partial charge is 0.390 e. The molecule has 0 aliphatic carbocycles. The minimum absolute atomic E-state index is 0.0574. The van der Waals surface area contributed by atoms with Crippen LogP contribution in [-0.4, -0.2) is 16.6 Å². The minimum Gasteiger partial charge on any atom is -0.390 e. The van der Waals surface area contributed by atoms with Crippen molar-refractivity contribution < 1.29 is 5.11 Å². The van der Waals surface area contributed by atoms with E-state index in [1.54, 1.807) is 18.2 Å². The fourth-order valence-corrected chi connectivity index (χ4v) is 0.779. The molecule has 1 aromatic rings. The second-order valence-electron chi connectivity index (χ2n) is 2.18. The SMILES string of the molecule is NCC#Cc1cccc(CO)n1. The predicted octanol–water partition coefficient (Wildman–Crippen LogP) is -0.116. The van der Waals surface area contributed by atoms with Gasteiger partial charge in [-0.15, -0.1) is 0 Å². The first-order chi connectivity index (χ1) is 5.86. The van der Waals surface area contributed by atoms with E-state index in [2.05, 4.69) is 16.8 Å². The molecule has 0 saturated heterocycles. The maximum Gasteiger partial charge on any atom is 0.113 e. The van der Waals surface area contributed by atoms with Gasteiger partial charge in [0.25, 0.3) is 0 Å². The van der Waals surface area contributed by atoms with Crippen LogP contribution in [-0.2, 0) is 6.61 Å². The van der Waals surface area contributed by atoms with Crippen LogP contribution in [0.5, 0.6) is 0 Å². The smallest absolute Gasteiger partial charge is 0.113 e. The Morgan fingerprint density at radius 2 is 2.33 bits per heavy atom. The summed E-state index contributed by atoms with van der Waals surface area (Å²) in [6.45, 7) is 0.267. The Morgan fingerprint density at radius 1 is 1.50 bits per heavy atom. The number of hydrogen-bond acceptors (Lipinski definition) is 3. The number of rotatable bonds is 1. The summed E-state index contributed by atoms with van der Waals surface area (Å²) in [5, 5.41) is 8.75. The number of nitrogens with two attached hydrogens (primary N) is 1. The Labute approximate surface area is 71.2 Å². The van der Waals surface area contributed by atoms with Gasteiger partial charge >= 0.3 is 0 Å². The molecule has 1 rings (SSSR count). The third-order valence-electron chi connectivity index (χ3n) is 1.29. The highest BCUT2D eigenvalue weighted by Crippen LogP contribution is 1.97. The zero-order valence-corrected chi connectivity index (χ0v) is 6.62. The van der Waals surface area contributed by atoms with Crippen molar-refractivity contribution in [1.29, 1.82) is 0 Å². The molecule has 0 radical (unpaired) electrons. The monoisotopic (exact) mass is 162 g/mol. The first-order valence-electron chi connectivity index (χ1n) is 3.62. The van der Waals surface area contributed by atoms with Crippen LogP contribution in [0.4, 0.5) is 0 Å². The van der Waals surface area contributed by atoms with Gasteiger partial charge in [0.2, 0.25) is 0 Å². The number of hydrogen-bond donors (Lipinski definition) is 2. The third kappa shape index (κ3) is 2.35. The Morgan fingerprint density at radius 3 is 3.00 bits per heavy atom. The minimum atomic E-state index is -0.0574. The summed E-state index contributed by atoms with van der Waals surface area (Å²) in [5.74, 6) is 5.47. The van der Waals surface area contributed by atoms with Crippen LogP contribution in [0.2, 0.25) is 0 Å². The molecule has 0 amide bonds. The van der Waals surface area contributed by atoms with Crippen LogP contribution >= 0.6 is 0 Å². The summed E-state index contributed by atoms with van der Waals surface area (Å²) in [4.78, 5) is 4.05. The molecule has 0 aromatic carbocycles. The van der Waals surface area contributed by atoms with Gasteiger partial charge in [0.15, 0.2) is 0 Å². The van der Waals surface area contributed by atoms with Crippen molar-refractivity contribution in [2.75, 3.05) is 6.54 Å². The second-order valence-corrected chi connectivity index (χ2v) is 2.18. The molecule has 0 bridgehead atoms. The topological polar surface area (TPSA) is 59.1 Å². The Hall–Kier alpha value is -1.37. The van der Waals surface area contributed by atoms with Crippen LogP contribution < -0.4 is 5.73 Å². The van der Waals surface area contributed by atoms with E-state index >= 15 is 0 Å². The number of aromatic nitrogens is 1. The van der Waals surface area contributed by atoms with Gasteiger partial charge < -0.3 is 10.8 Å². The molecule has 0 atom stereocenters. The molecule has 1 aromatic heterocycles. The van der Waals surface area contributed by atoms with Crippen molar-refractivity contribution in [3.63, 3.8) is 0 Å². The zero-order valence-electron chi connectivity index (χ0n) is 6.62. The molecule has 0 fully saturated rings. The van der Waals surface area contributed by atoms with Gasteiger partial charge in [0.05, 0.1) is 18.8 Å². The zero-order chi connectivity index (χ0) is 8.81. The lowest BCUT2D eigenvalue weighted by molar-refractivity contribution is 0.277. The lowest BCUT2D eigenvalue weighted by atomic mass is 10.3. The number of aliphatic hydroxyl groups is 1. The van der Waals surface area contributed by atoms with Crippen molar-refractivity contribution in [1.82, 2.24) is 4.98 Å². The van der Waals surface area contributed by atoms with E-state index in [1.165, 1.54) is 0 Å². The molecule has 3 N–H and O–H groups in total. The molecule has 0 saturated carbocycles. The molecule has 62 valence electrons. The molecule has 0 aliphatic rings. The van der Waals surface area contributed by atoms with Gasteiger partial charge in [-0.25, -0.2) is 4.98 Å². The summed E-state index contributed by atoms with van der Waals surface area (Å²) in [7, 11) is 0. The van der Waals surface area contributed by atoms with E-state index < -0.39 is 0 Å². The van der Waals surface area contributed by atoms with Crippen molar-refractivity contribution in [2.24, 2.45) is 5.73 Å². The highest BCUT2D eigenvalue weighted by molar-refractivity contribution is 5.28. The molecule has 12 heavy (non-hydrogen) atoms. The highest BCUT2D eigenvalue weighted by Gasteiger charge is 1.91. The average Bonchev–Trinajstić information content (AvgIpc) is 2.15. The lowest BCUT2D eigenvalue weighted by Crippen LogP contribution is -1.95. The Balaban J connectivity index is 2.86. The van der Waals surface area contributed by atoms with E-state index in [0.29, 0.717) is 17.9 Å². The van der Waals surface area contributed by atoms with Gasteiger partial charge in [-0.05, 0) is 18.1 Å². The van der Waals surface area contributed by atoms with E-state index in [0.717, 1.165) is 0 Å². The lowest BCUT2D eigenvalue weighted by Gasteiger charge is -1.94. The molecular weight excluding hydrogens is 152 g/mol. The molecule has 0 unspecified atom stereocenters. The standard InChI is InChI=1S/C9H10N2O/c10-6-2-5-8-3-1-4-9(7-12)11-8/h1,3-4,12H,6-7,10H2. The van der Waals surface area contributed by atoms with Crippen LogP contribution in [0.3, 0.4) is 0 Å². The summed E-state index contributed by atoms with van der Waals surface area (Å²) in [6.07, 6.45) is 0. The fraction of sp³-hybridized carbons (Fsp3) is 0.222. The Bertz CT molecular complexity index is 312. The van der Waals surface area contributed by atoms with E-state index in [1.807, 2.05) is 0 Å². The first-order valence-corrected chi connectivity index (χ1v) is 3.62. The molecule has 1 heterocycles. The van der Waals surface area contributed by atoms with Crippen molar-refractivity contribution >= 4 is 0 Å². The van der Waals surface area contributed by atoms with E-state index in [-0.39, 0.29) is 6.61 Å². The summed E-state index contributed by atoms with van der Waals surface area (Å²) >= 11 is 0. The molecular formula is C9H10N2O. The Kier molecular flexibility index (Phi) is 3.27. The highest BCUT2D eigenvalue weighted by atomic mass is 16.3. The van der Waals surface area contributed by atoms with E-state index in [9.17, 15) is 0 Å². The molecule has 3 heteroatoms. The van der Waals surface area contributed by atoms with E-state index in [4.69, 9.17) is 10.8 Å². The summed E-state index contributed by atoms with van der Waals surface area (Å²) < 4.78 is 0. The maximum atomic E-state index is 8.75. The van der Waals surface area contributed by atoms with Crippen molar-refractivity contribution in [2.45, 2.75) is 6.61 Å². The van der Waals surface area contributed by atoms with Gasteiger partial charge in [-0.3, -0.25) is 0 Å². The molecule has 0 aliphatic heterocycles. The van der Waals surface area contributed by atoms with Crippen LogP contribution in [0.25, 0.3) is 0 Å². The first kappa shape index (κ1) is 8.72. The fourth-order valence-electron chi connectivity index (χ4n) is 0.779. The maximum absolute atomic E-state index is 8.75. The van der Waals surface area contributed by atoms with Crippen LogP contribution in [0, 0.1) is 11.8 Å². The third-order valence-corrected chi connectivity index (χ3v) is 1.29. The summed E-state index contributed by atoms with van der Waals surface area (Å²) in [5.41, 5.74) is 6.47. The van der Waals surface area contributed by atoms with Crippen molar-refractivity contribution in [3.05, 3.63) is 29.6 Å². The average molecular weight is 162 g/mol. The van der Waals surface area contributed by atoms with Gasteiger partial charge in [-0.2, -0.15) is 0 Å². The van der Waals surface area contributed by atoms with Gasteiger partial charge in [0, 0.05) is 0 Å². The predicted molar refractivity (Wildman–Crippen MR) is 46.1 cm³/mol.